The van der Waals surface area contributed by atoms with Crippen molar-refractivity contribution in [2.75, 3.05) is 13.7 Å². The number of carbonyl (C=O) groups is 1. The molecule has 0 N–H and O–H groups in total. The van der Waals surface area contributed by atoms with Gasteiger partial charge in [-0.1, -0.05) is 48.5 Å². The van der Waals surface area contributed by atoms with Gasteiger partial charge in [0.05, 0.1) is 13.2 Å². The quantitative estimate of drug-likeness (QED) is 0.607. The largest absolute Gasteiger partial charge is 0.461 e. The van der Waals surface area contributed by atoms with Crippen molar-refractivity contribution in [2.45, 2.75) is 13.5 Å². The van der Waals surface area contributed by atoms with E-state index < -0.39 is 0 Å². The number of carbonyl (C=O) groups excluding carboxylic acids is 1. The van der Waals surface area contributed by atoms with Gasteiger partial charge in [-0.15, -0.1) is 0 Å². The molecule has 0 aliphatic rings. The number of aryl methyl sites for hydroxylation is 1. The van der Waals surface area contributed by atoms with Crippen LogP contribution in [-0.2, 0) is 23.1 Å². The molecule has 0 fully saturated rings. The van der Waals surface area contributed by atoms with Gasteiger partial charge in [-0.3, -0.25) is 0 Å². The minimum absolute atomic E-state index is 0.301. The molecule has 4 nitrogen and oxygen atoms in total. The molecule has 3 rings (SSSR count). The Balaban J connectivity index is 1.96. The molecule has 4 heteroatoms. The third-order valence-electron chi connectivity index (χ3n) is 4.37. The summed E-state index contributed by atoms with van der Waals surface area (Å²) in [5, 5.41) is 0. The van der Waals surface area contributed by atoms with Crippen molar-refractivity contribution in [1.82, 2.24) is 4.57 Å². The van der Waals surface area contributed by atoms with Crippen LogP contribution in [0.3, 0.4) is 0 Å². The van der Waals surface area contributed by atoms with Crippen molar-refractivity contribution in [3.05, 3.63) is 72.1 Å². The van der Waals surface area contributed by atoms with Gasteiger partial charge in [0, 0.05) is 25.9 Å². The van der Waals surface area contributed by atoms with Gasteiger partial charge in [-0.25, -0.2) is 4.79 Å². The zero-order chi connectivity index (χ0) is 18.5. The van der Waals surface area contributed by atoms with Gasteiger partial charge in [0.1, 0.15) is 5.69 Å². The Bertz CT molecular complexity index is 894. The van der Waals surface area contributed by atoms with Crippen LogP contribution in [0.2, 0.25) is 0 Å². The van der Waals surface area contributed by atoms with Crippen LogP contribution in [-0.4, -0.2) is 24.3 Å². The summed E-state index contributed by atoms with van der Waals surface area (Å²) >= 11 is 0. The van der Waals surface area contributed by atoms with Gasteiger partial charge in [-0.05, 0) is 35.2 Å². The summed E-state index contributed by atoms with van der Waals surface area (Å²) in [4.78, 5) is 12.3. The molecule has 0 aliphatic carbocycles. The van der Waals surface area contributed by atoms with E-state index in [1.165, 1.54) is 0 Å². The molecule has 0 atom stereocenters. The van der Waals surface area contributed by atoms with Crippen molar-refractivity contribution in [2.24, 2.45) is 7.05 Å². The average molecular weight is 349 g/mol. The first kappa shape index (κ1) is 18.0. The van der Waals surface area contributed by atoms with E-state index in [0.717, 1.165) is 27.8 Å². The summed E-state index contributed by atoms with van der Waals surface area (Å²) in [6.07, 6.45) is 1.88. The number of rotatable bonds is 6. The predicted octanol–water partition coefficient (Wildman–Crippen LogP) is 4.68. The molecule has 1 aromatic heterocycles. The number of ether oxygens (including phenoxy) is 2. The highest BCUT2D eigenvalue weighted by Gasteiger charge is 2.18. The second kappa shape index (κ2) is 8.02. The predicted molar refractivity (Wildman–Crippen MR) is 103 cm³/mol. The van der Waals surface area contributed by atoms with Crippen LogP contribution in [0.5, 0.6) is 0 Å². The van der Waals surface area contributed by atoms with Crippen LogP contribution in [0.25, 0.3) is 22.3 Å². The van der Waals surface area contributed by atoms with Crippen LogP contribution >= 0.6 is 0 Å². The number of esters is 1. The Morgan fingerprint density at radius 2 is 1.62 bits per heavy atom. The number of methoxy groups -OCH3 is 1. The summed E-state index contributed by atoms with van der Waals surface area (Å²) < 4.78 is 12.3. The van der Waals surface area contributed by atoms with Gasteiger partial charge in [0.15, 0.2) is 0 Å². The zero-order valence-corrected chi connectivity index (χ0v) is 15.4. The number of aromatic nitrogens is 1. The molecule has 0 aliphatic heterocycles. The first-order valence-electron chi connectivity index (χ1n) is 8.65. The molecule has 0 saturated carbocycles. The van der Waals surface area contributed by atoms with Crippen molar-refractivity contribution >= 4 is 5.97 Å². The number of nitrogens with zero attached hydrogens (tertiary/aromatic N) is 1. The summed E-state index contributed by atoms with van der Waals surface area (Å²) in [7, 11) is 3.55. The molecule has 0 unspecified atom stereocenters. The lowest BCUT2D eigenvalue weighted by Crippen LogP contribution is -2.10. The third-order valence-corrected chi connectivity index (χ3v) is 4.37. The fourth-order valence-corrected chi connectivity index (χ4v) is 3.13. The Hall–Kier alpha value is -2.85. The van der Waals surface area contributed by atoms with Gasteiger partial charge >= 0.3 is 5.97 Å². The lowest BCUT2D eigenvalue weighted by molar-refractivity contribution is 0.0516. The summed E-state index contributed by atoms with van der Waals surface area (Å²) in [5.74, 6) is -0.301. The average Bonchev–Trinajstić information content (AvgIpc) is 3.04. The maximum absolute atomic E-state index is 12.3. The highest BCUT2D eigenvalue weighted by Crippen LogP contribution is 2.30. The molecule has 0 saturated heterocycles. The molecule has 0 radical (unpaired) electrons. The van der Waals surface area contributed by atoms with E-state index >= 15 is 0 Å². The van der Waals surface area contributed by atoms with Crippen LogP contribution in [0.4, 0.5) is 0 Å². The standard InChI is InChI=1S/C22H23NO3/c1-4-26-22(24)21-20(13-14-23(21)2)17-11-9-16(10-12-17)19-8-6-5-7-18(19)15-25-3/h5-14H,4,15H2,1-3H3. The Morgan fingerprint density at radius 3 is 2.27 bits per heavy atom. The molecule has 1 heterocycles. The number of hydrogen-bond donors (Lipinski definition) is 0. The van der Waals surface area contributed by atoms with E-state index in [2.05, 4.69) is 24.3 Å². The zero-order valence-electron chi connectivity index (χ0n) is 15.4. The van der Waals surface area contributed by atoms with Gasteiger partial charge in [0.25, 0.3) is 0 Å². The molecular weight excluding hydrogens is 326 g/mol. The molecule has 2 aromatic carbocycles. The van der Waals surface area contributed by atoms with Gasteiger partial charge in [0.2, 0.25) is 0 Å². The lowest BCUT2D eigenvalue weighted by atomic mass is 9.97. The first-order chi connectivity index (χ1) is 12.7. The molecule has 0 spiro atoms. The Kier molecular flexibility index (Phi) is 5.54. The first-order valence-corrected chi connectivity index (χ1v) is 8.65. The monoisotopic (exact) mass is 349 g/mol. The van der Waals surface area contributed by atoms with E-state index in [9.17, 15) is 4.79 Å². The van der Waals surface area contributed by atoms with Crippen molar-refractivity contribution in [3.63, 3.8) is 0 Å². The molecule has 0 amide bonds. The van der Waals surface area contributed by atoms with E-state index in [0.29, 0.717) is 18.9 Å². The van der Waals surface area contributed by atoms with E-state index in [4.69, 9.17) is 9.47 Å². The maximum atomic E-state index is 12.3. The Labute approximate surface area is 154 Å². The van der Waals surface area contributed by atoms with Crippen LogP contribution < -0.4 is 0 Å². The van der Waals surface area contributed by atoms with Gasteiger partial charge < -0.3 is 14.0 Å². The topological polar surface area (TPSA) is 40.5 Å². The number of hydrogen-bond acceptors (Lipinski definition) is 3. The van der Waals surface area contributed by atoms with Crippen LogP contribution in [0.15, 0.2) is 60.8 Å². The van der Waals surface area contributed by atoms with Crippen molar-refractivity contribution < 1.29 is 14.3 Å². The highest BCUT2D eigenvalue weighted by atomic mass is 16.5. The molecular formula is C22H23NO3. The summed E-state index contributed by atoms with van der Waals surface area (Å²) in [5.41, 5.74) is 5.85. The van der Waals surface area contributed by atoms with Crippen molar-refractivity contribution in [1.29, 1.82) is 0 Å². The Morgan fingerprint density at radius 1 is 0.962 bits per heavy atom. The van der Waals surface area contributed by atoms with E-state index in [-0.39, 0.29) is 5.97 Å². The van der Waals surface area contributed by atoms with E-state index in [1.807, 2.05) is 50.5 Å². The van der Waals surface area contributed by atoms with Gasteiger partial charge in [-0.2, -0.15) is 0 Å². The minimum atomic E-state index is -0.301. The second-order valence-corrected chi connectivity index (χ2v) is 6.08. The smallest absolute Gasteiger partial charge is 0.355 e. The fraction of sp³-hybridized carbons (Fsp3) is 0.227. The third kappa shape index (κ3) is 3.55. The molecule has 134 valence electrons. The SMILES string of the molecule is CCOC(=O)c1c(-c2ccc(-c3ccccc3COC)cc2)ccn1C. The maximum Gasteiger partial charge on any atom is 0.355 e. The molecule has 26 heavy (non-hydrogen) atoms. The fourth-order valence-electron chi connectivity index (χ4n) is 3.13. The van der Waals surface area contributed by atoms with E-state index in [1.54, 1.807) is 11.7 Å². The summed E-state index contributed by atoms with van der Waals surface area (Å²) in [6, 6.07) is 18.4. The number of benzene rings is 2. The molecule has 3 aromatic rings. The van der Waals surface area contributed by atoms with Crippen molar-refractivity contribution in [3.8, 4) is 22.3 Å². The summed E-state index contributed by atoms with van der Waals surface area (Å²) in [6.45, 7) is 2.75. The lowest BCUT2D eigenvalue weighted by Gasteiger charge is -2.11. The van der Waals surface area contributed by atoms with Crippen LogP contribution in [0, 0.1) is 0 Å². The second-order valence-electron chi connectivity index (χ2n) is 6.08. The minimum Gasteiger partial charge on any atom is -0.461 e. The highest BCUT2D eigenvalue weighted by molar-refractivity contribution is 5.96. The van der Waals surface area contributed by atoms with Crippen LogP contribution in [0.1, 0.15) is 23.0 Å². The molecule has 0 bridgehead atoms. The normalized spacial score (nSPS) is 10.7.